The SMILES string of the molecule is CC(C)(C)c1ccc([C@@H](N)[C@@H](O)C2CCC2)cc1. The Morgan fingerprint density at radius 3 is 2.11 bits per heavy atom. The molecule has 1 saturated carbocycles. The monoisotopic (exact) mass is 247 g/mol. The summed E-state index contributed by atoms with van der Waals surface area (Å²) in [4.78, 5) is 0. The third-order valence-electron chi connectivity index (χ3n) is 4.16. The summed E-state index contributed by atoms with van der Waals surface area (Å²) in [6, 6.07) is 8.13. The lowest BCUT2D eigenvalue weighted by atomic mass is 9.77. The topological polar surface area (TPSA) is 46.2 Å². The first kappa shape index (κ1) is 13.6. The third kappa shape index (κ3) is 2.76. The molecular formula is C16H25NO. The van der Waals surface area contributed by atoms with Gasteiger partial charge < -0.3 is 10.8 Å². The van der Waals surface area contributed by atoms with Gasteiger partial charge in [0.15, 0.2) is 0 Å². The smallest absolute Gasteiger partial charge is 0.0760 e. The molecule has 0 amide bonds. The number of aliphatic hydroxyl groups is 1. The molecule has 1 fully saturated rings. The summed E-state index contributed by atoms with van der Waals surface area (Å²) in [7, 11) is 0. The van der Waals surface area contributed by atoms with Gasteiger partial charge in [0, 0.05) is 0 Å². The van der Waals surface area contributed by atoms with Crippen molar-refractivity contribution in [2.24, 2.45) is 11.7 Å². The van der Waals surface area contributed by atoms with E-state index in [-0.39, 0.29) is 17.6 Å². The molecule has 3 N–H and O–H groups in total. The number of aliphatic hydroxyl groups excluding tert-OH is 1. The Bertz CT molecular complexity index is 387. The van der Waals surface area contributed by atoms with Gasteiger partial charge in [0.25, 0.3) is 0 Å². The number of benzene rings is 1. The van der Waals surface area contributed by atoms with E-state index in [0.29, 0.717) is 5.92 Å². The number of hydrogen-bond donors (Lipinski definition) is 2. The van der Waals surface area contributed by atoms with Gasteiger partial charge in [-0.05, 0) is 35.3 Å². The average molecular weight is 247 g/mol. The molecule has 0 unspecified atom stereocenters. The highest BCUT2D eigenvalue weighted by atomic mass is 16.3. The second kappa shape index (κ2) is 5.02. The predicted octanol–water partition coefficient (Wildman–Crippen LogP) is 3.14. The van der Waals surface area contributed by atoms with E-state index >= 15 is 0 Å². The highest BCUT2D eigenvalue weighted by Gasteiger charge is 2.30. The third-order valence-corrected chi connectivity index (χ3v) is 4.16. The quantitative estimate of drug-likeness (QED) is 0.862. The van der Waals surface area contributed by atoms with E-state index in [0.717, 1.165) is 18.4 Å². The zero-order chi connectivity index (χ0) is 13.3. The second-order valence-corrected chi connectivity index (χ2v) is 6.58. The second-order valence-electron chi connectivity index (χ2n) is 6.58. The van der Waals surface area contributed by atoms with Crippen molar-refractivity contribution in [2.45, 2.75) is 57.6 Å². The van der Waals surface area contributed by atoms with Crippen LogP contribution in [0, 0.1) is 5.92 Å². The van der Waals surface area contributed by atoms with Crippen LogP contribution in [0.4, 0.5) is 0 Å². The summed E-state index contributed by atoms with van der Waals surface area (Å²) >= 11 is 0. The number of hydrogen-bond acceptors (Lipinski definition) is 2. The van der Waals surface area contributed by atoms with Gasteiger partial charge in [-0.15, -0.1) is 0 Å². The van der Waals surface area contributed by atoms with Crippen molar-refractivity contribution in [1.82, 2.24) is 0 Å². The van der Waals surface area contributed by atoms with Crippen molar-refractivity contribution in [2.75, 3.05) is 0 Å². The summed E-state index contributed by atoms with van der Waals surface area (Å²) in [5.41, 5.74) is 8.67. The fourth-order valence-electron chi connectivity index (χ4n) is 2.48. The summed E-state index contributed by atoms with van der Waals surface area (Å²) in [6.45, 7) is 6.60. The van der Waals surface area contributed by atoms with Crippen LogP contribution in [0.1, 0.15) is 57.2 Å². The first-order valence-electron chi connectivity index (χ1n) is 6.93. The van der Waals surface area contributed by atoms with Crippen LogP contribution in [0.5, 0.6) is 0 Å². The molecule has 1 aliphatic rings. The average Bonchev–Trinajstić information content (AvgIpc) is 2.24. The van der Waals surface area contributed by atoms with E-state index in [1.165, 1.54) is 12.0 Å². The highest BCUT2D eigenvalue weighted by Crippen LogP contribution is 2.34. The molecule has 0 radical (unpaired) electrons. The first-order chi connectivity index (χ1) is 8.39. The van der Waals surface area contributed by atoms with Gasteiger partial charge in [-0.2, -0.15) is 0 Å². The maximum atomic E-state index is 10.2. The summed E-state index contributed by atoms with van der Waals surface area (Å²) in [5, 5.41) is 10.2. The Hall–Kier alpha value is -0.860. The van der Waals surface area contributed by atoms with E-state index < -0.39 is 0 Å². The molecule has 0 heterocycles. The van der Waals surface area contributed by atoms with Crippen LogP contribution in [0.15, 0.2) is 24.3 Å². The van der Waals surface area contributed by atoms with E-state index in [2.05, 4.69) is 45.0 Å². The Morgan fingerprint density at radius 2 is 1.72 bits per heavy atom. The summed E-state index contributed by atoms with van der Waals surface area (Å²) in [6.07, 6.45) is 3.08. The van der Waals surface area contributed by atoms with Crippen LogP contribution in [-0.2, 0) is 5.41 Å². The molecule has 0 bridgehead atoms. The van der Waals surface area contributed by atoms with Gasteiger partial charge in [0.05, 0.1) is 12.1 Å². The minimum atomic E-state index is -0.390. The predicted molar refractivity (Wildman–Crippen MR) is 75.4 cm³/mol. The standard InChI is InChI=1S/C16H25NO/c1-16(2,3)13-9-7-11(8-10-13)14(17)15(18)12-5-4-6-12/h7-10,12,14-15,18H,4-6,17H2,1-3H3/t14-,15+/m1/s1. The van der Waals surface area contributed by atoms with E-state index in [9.17, 15) is 5.11 Å². The minimum Gasteiger partial charge on any atom is -0.391 e. The Kier molecular flexibility index (Phi) is 3.79. The lowest BCUT2D eigenvalue weighted by Gasteiger charge is -2.34. The van der Waals surface area contributed by atoms with Crippen LogP contribution in [0.3, 0.4) is 0 Å². The zero-order valence-corrected chi connectivity index (χ0v) is 11.7. The molecule has 2 nitrogen and oxygen atoms in total. The zero-order valence-electron chi connectivity index (χ0n) is 11.7. The molecule has 100 valence electrons. The molecule has 0 saturated heterocycles. The number of nitrogens with two attached hydrogens (primary N) is 1. The lowest BCUT2D eigenvalue weighted by Crippen LogP contribution is -2.36. The molecule has 1 aliphatic carbocycles. The molecular weight excluding hydrogens is 222 g/mol. The van der Waals surface area contributed by atoms with Crippen LogP contribution >= 0.6 is 0 Å². The lowest BCUT2D eigenvalue weighted by molar-refractivity contribution is 0.0413. The van der Waals surface area contributed by atoms with E-state index in [1.807, 2.05) is 0 Å². The largest absolute Gasteiger partial charge is 0.391 e. The van der Waals surface area contributed by atoms with Crippen LogP contribution in [0.25, 0.3) is 0 Å². The van der Waals surface area contributed by atoms with Crippen LogP contribution in [-0.4, -0.2) is 11.2 Å². The van der Waals surface area contributed by atoms with Crippen LogP contribution < -0.4 is 5.73 Å². The van der Waals surface area contributed by atoms with E-state index in [4.69, 9.17) is 5.73 Å². The van der Waals surface area contributed by atoms with Gasteiger partial charge in [-0.3, -0.25) is 0 Å². The maximum absolute atomic E-state index is 10.2. The van der Waals surface area contributed by atoms with E-state index in [1.54, 1.807) is 0 Å². The van der Waals surface area contributed by atoms with Crippen molar-refractivity contribution in [3.63, 3.8) is 0 Å². The fourth-order valence-corrected chi connectivity index (χ4v) is 2.48. The summed E-state index contributed by atoms with van der Waals surface area (Å²) < 4.78 is 0. The highest BCUT2D eigenvalue weighted by molar-refractivity contribution is 5.29. The van der Waals surface area contributed by atoms with Crippen molar-refractivity contribution in [3.05, 3.63) is 35.4 Å². The van der Waals surface area contributed by atoms with Crippen molar-refractivity contribution >= 4 is 0 Å². The Balaban J connectivity index is 2.08. The van der Waals surface area contributed by atoms with Gasteiger partial charge in [-0.25, -0.2) is 0 Å². The molecule has 2 atom stereocenters. The molecule has 2 heteroatoms. The molecule has 2 rings (SSSR count). The fraction of sp³-hybridized carbons (Fsp3) is 0.625. The van der Waals surface area contributed by atoms with Crippen LogP contribution in [0.2, 0.25) is 0 Å². The van der Waals surface area contributed by atoms with Crippen molar-refractivity contribution in [3.8, 4) is 0 Å². The first-order valence-corrected chi connectivity index (χ1v) is 6.93. The van der Waals surface area contributed by atoms with Crippen molar-refractivity contribution < 1.29 is 5.11 Å². The summed E-state index contributed by atoms with van der Waals surface area (Å²) in [5.74, 6) is 0.405. The molecule has 0 aromatic heterocycles. The Labute approximate surface area is 110 Å². The number of rotatable bonds is 3. The molecule has 0 spiro atoms. The molecule has 1 aromatic carbocycles. The molecule has 0 aliphatic heterocycles. The van der Waals surface area contributed by atoms with Gasteiger partial charge in [-0.1, -0.05) is 51.5 Å². The molecule has 1 aromatic rings. The maximum Gasteiger partial charge on any atom is 0.0760 e. The van der Waals surface area contributed by atoms with Gasteiger partial charge >= 0.3 is 0 Å². The normalized spacial score (nSPS) is 20.3. The minimum absolute atomic E-state index is 0.162. The van der Waals surface area contributed by atoms with Crippen molar-refractivity contribution in [1.29, 1.82) is 0 Å². The Morgan fingerprint density at radius 1 is 1.17 bits per heavy atom. The van der Waals surface area contributed by atoms with Gasteiger partial charge in [0.1, 0.15) is 0 Å². The van der Waals surface area contributed by atoms with Gasteiger partial charge in [0.2, 0.25) is 0 Å². The molecule has 18 heavy (non-hydrogen) atoms.